The first-order valence-corrected chi connectivity index (χ1v) is 8.81. The molecule has 0 spiro atoms. The fraction of sp³-hybridized carbons (Fsp3) is 1.00. The average Bonchev–Trinajstić information content (AvgIpc) is 2.46. The van der Waals surface area contributed by atoms with Crippen molar-refractivity contribution in [3.63, 3.8) is 0 Å². The van der Waals surface area contributed by atoms with Crippen molar-refractivity contribution in [1.82, 2.24) is 9.80 Å². The Labute approximate surface area is 125 Å². The highest BCUT2D eigenvalue weighted by molar-refractivity contribution is 4.97. The maximum atomic E-state index is 6.20. The summed E-state index contributed by atoms with van der Waals surface area (Å²) in [7, 11) is 0. The van der Waals surface area contributed by atoms with Crippen molar-refractivity contribution in [2.75, 3.05) is 26.2 Å². The number of hydrogen-bond acceptors (Lipinski definition) is 3. The second-order valence-electron chi connectivity index (χ2n) is 7.30. The number of piperazine rings is 1. The fourth-order valence-corrected chi connectivity index (χ4v) is 4.22. The lowest BCUT2D eigenvalue weighted by molar-refractivity contribution is -0.0423. The van der Waals surface area contributed by atoms with E-state index in [0.29, 0.717) is 6.04 Å². The molecule has 3 nitrogen and oxygen atoms in total. The molecule has 0 bridgehead atoms. The van der Waals surface area contributed by atoms with E-state index >= 15 is 0 Å². The molecule has 0 aromatic rings. The first-order valence-electron chi connectivity index (χ1n) is 8.81. The van der Waals surface area contributed by atoms with E-state index in [4.69, 9.17) is 5.73 Å². The molecule has 118 valence electrons. The molecule has 0 radical (unpaired) electrons. The third-order valence-electron chi connectivity index (χ3n) is 5.64. The van der Waals surface area contributed by atoms with Crippen molar-refractivity contribution < 1.29 is 0 Å². The first kappa shape index (κ1) is 16.3. The fourth-order valence-electron chi connectivity index (χ4n) is 4.22. The number of fused-ring (bicyclic) bond motifs is 1. The molecule has 0 saturated carbocycles. The van der Waals surface area contributed by atoms with Gasteiger partial charge in [0.15, 0.2) is 0 Å². The molecule has 2 heterocycles. The van der Waals surface area contributed by atoms with Gasteiger partial charge in [0.05, 0.1) is 0 Å². The minimum atomic E-state index is 0.206. The van der Waals surface area contributed by atoms with Crippen LogP contribution in [0.3, 0.4) is 0 Å². The van der Waals surface area contributed by atoms with Gasteiger partial charge in [-0.3, -0.25) is 9.80 Å². The number of nitrogens with zero attached hydrogens (tertiary/aromatic N) is 2. The molecule has 20 heavy (non-hydrogen) atoms. The third kappa shape index (κ3) is 3.55. The van der Waals surface area contributed by atoms with Crippen LogP contribution in [0.5, 0.6) is 0 Å². The molecule has 3 unspecified atom stereocenters. The van der Waals surface area contributed by atoms with Crippen LogP contribution in [0.25, 0.3) is 0 Å². The average molecular weight is 281 g/mol. The van der Waals surface area contributed by atoms with Crippen molar-refractivity contribution in [1.29, 1.82) is 0 Å². The van der Waals surface area contributed by atoms with E-state index in [1.54, 1.807) is 0 Å². The summed E-state index contributed by atoms with van der Waals surface area (Å²) in [6, 6.07) is 1.44. The van der Waals surface area contributed by atoms with Gasteiger partial charge in [0.2, 0.25) is 0 Å². The Morgan fingerprint density at radius 2 is 2.00 bits per heavy atom. The van der Waals surface area contributed by atoms with Gasteiger partial charge in [-0.2, -0.15) is 0 Å². The van der Waals surface area contributed by atoms with Crippen LogP contribution in [0, 0.1) is 0 Å². The van der Waals surface area contributed by atoms with E-state index in [-0.39, 0.29) is 5.54 Å². The lowest BCUT2D eigenvalue weighted by atomic mass is 9.87. The lowest BCUT2D eigenvalue weighted by Gasteiger charge is -2.54. The van der Waals surface area contributed by atoms with Gasteiger partial charge >= 0.3 is 0 Å². The highest BCUT2D eigenvalue weighted by Crippen LogP contribution is 2.31. The molecular formula is C17H35N3. The minimum absolute atomic E-state index is 0.206. The van der Waals surface area contributed by atoms with Gasteiger partial charge < -0.3 is 5.73 Å². The number of unbranched alkanes of at least 4 members (excludes halogenated alkanes) is 2. The van der Waals surface area contributed by atoms with Crippen molar-refractivity contribution in [3.8, 4) is 0 Å². The molecule has 0 aliphatic carbocycles. The summed E-state index contributed by atoms with van der Waals surface area (Å²) in [5.74, 6) is 0. The standard InChI is InChI=1S/C17H35N3/c1-4-5-7-10-17(3,14-18)20-13-16-9-6-8-11-19(16)12-15(20)2/h15-16H,4-14,18H2,1-3H3. The van der Waals surface area contributed by atoms with Crippen LogP contribution in [0.1, 0.15) is 65.7 Å². The maximum absolute atomic E-state index is 6.20. The summed E-state index contributed by atoms with van der Waals surface area (Å²) < 4.78 is 0. The highest BCUT2D eigenvalue weighted by atomic mass is 15.3. The van der Waals surface area contributed by atoms with Gasteiger partial charge in [0.25, 0.3) is 0 Å². The van der Waals surface area contributed by atoms with Gasteiger partial charge in [0.1, 0.15) is 0 Å². The molecular weight excluding hydrogens is 246 g/mol. The quantitative estimate of drug-likeness (QED) is 0.760. The van der Waals surface area contributed by atoms with Gasteiger partial charge in [-0.1, -0.05) is 32.6 Å². The van der Waals surface area contributed by atoms with Crippen molar-refractivity contribution in [3.05, 3.63) is 0 Å². The van der Waals surface area contributed by atoms with Gasteiger partial charge in [0, 0.05) is 37.3 Å². The molecule has 2 saturated heterocycles. The SMILES string of the molecule is CCCCCC(C)(CN)N1CC2CCCCN2CC1C. The van der Waals surface area contributed by atoms with E-state index in [0.717, 1.165) is 12.6 Å². The Balaban J connectivity index is 2.00. The van der Waals surface area contributed by atoms with Crippen LogP contribution >= 0.6 is 0 Å². The second-order valence-corrected chi connectivity index (χ2v) is 7.30. The van der Waals surface area contributed by atoms with Crippen LogP contribution in [-0.2, 0) is 0 Å². The Kier molecular flexibility index (Phi) is 5.88. The predicted molar refractivity (Wildman–Crippen MR) is 87.0 cm³/mol. The van der Waals surface area contributed by atoms with Crippen molar-refractivity contribution in [2.45, 2.75) is 83.3 Å². The van der Waals surface area contributed by atoms with Gasteiger partial charge in [-0.05, 0) is 39.7 Å². The van der Waals surface area contributed by atoms with Crippen molar-refractivity contribution >= 4 is 0 Å². The molecule has 2 rings (SSSR count). The van der Waals surface area contributed by atoms with E-state index in [9.17, 15) is 0 Å². The molecule has 2 N–H and O–H groups in total. The molecule has 2 aliphatic heterocycles. The normalized spacial score (nSPS) is 31.8. The molecule has 2 fully saturated rings. The Morgan fingerprint density at radius 3 is 2.70 bits per heavy atom. The Hall–Kier alpha value is -0.120. The maximum Gasteiger partial charge on any atom is 0.0307 e. The van der Waals surface area contributed by atoms with E-state index < -0.39 is 0 Å². The van der Waals surface area contributed by atoms with Gasteiger partial charge in [-0.15, -0.1) is 0 Å². The number of rotatable bonds is 6. The number of piperidine rings is 1. The zero-order chi connectivity index (χ0) is 14.6. The van der Waals surface area contributed by atoms with E-state index in [1.165, 1.54) is 64.6 Å². The largest absolute Gasteiger partial charge is 0.329 e. The molecule has 0 aromatic carbocycles. The van der Waals surface area contributed by atoms with E-state index in [1.807, 2.05) is 0 Å². The molecule has 2 aliphatic rings. The Bertz CT molecular complexity index is 294. The predicted octanol–water partition coefficient (Wildman–Crippen LogP) is 2.84. The summed E-state index contributed by atoms with van der Waals surface area (Å²) in [5, 5.41) is 0. The summed E-state index contributed by atoms with van der Waals surface area (Å²) >= 11 is 0. The minimum Gasteiger partial charge on any atom is -0.329 e. The molecule has 0 amide bonds. The highest BCUT2D eigenvalue weighted by Gasteiger charge is 2.40. The van der Waals surface area contributed by atoms with E-state index in [2.05, 4.69) is 30.6 Å². The first-order chi connectivity index (χ1) is 9.60. The smallest absolute Gasteiger partial charge is 0.0307 e. The summed E-state index contributed by atoms with van der Waals surface area (Å²) in [4.78, 5) is 5.47. The summed E-state index contributed by atoms with van der Waals surface area (Å²) in [6.45, 7) is 11.7. The van der Waals surface area contributed by atoms with Crippen LogP contribution in [0.2, 0.25) is 0 Å². The summed E-state index contributed by atoms with van der Waals surface area (Å²) in [6.07, 6.45) is 9.42. The number of hydrogen-bond donors (Lipinski definition) is 1. The lowest BCUT2D eigenvalue weighted by Crippen LogP contribution is -2.66. The van der Waals surface area contributed by atoms with Gasteiger partial charge in [-0.25, -0.2) is 0 Å². The molecule has 0 aromatic heterocycles. The Morgan fingerprint density at radius 1 is 1.20 bits per heavy atom. The second kappa shape index (κ2) is 7.24. The van der Waals surface area contributed by atoms with Crippen LogP contribution in [0.4, 0.5) is 0 Å². The van der Waals surface area contributed by atoms with Crippen molar-refractivity contribution in [2.24, 2.45) is 5.73 Å². The van der Waals surface area contributed by atoms with Crippen LogP contribution in [0.15, 0.2) is 0 Å². The number of nitrogens with two attached hydrogens (primary N) is 1. The van der Waals surface area contributed by atoms with Crippen LogP contribution in [-0.4, -0.2) is 53.6 Å². The summed E-state index contributed by atoms with van der Waals surface area (Å²) in [5.41, 5.74) is 6.40. The zero-order valence-corrected chi connectivity index (χ0v) is 13.9. The van der Waals surface area contributed by atoms with Crippen LogP contribution < -0.4 is 5.73 Å². The zero-order valence-electron chi connectivity index (χ0n) is 13.9. The third-order valence-corrected chi connectivity index (χ3v) is 5.64. The monoisotopic (exact) mass is 281 g/mol. The molecule has 3 atom stereocenters. The topological polar surface area (TPSA) is 32.5 Å². The molecule has 3 heteroatoms.